The fraction of sp³-hybridized carbons (Fsp3) is 0.933. The molecule has 19 heavy (non-hydrogen) atoms. The lowest BCUT2D eigenvalue weighted by atomic mass is 9.70. The van der Waals surface area contributed by atoms with Crippen molar-refractivity contribution in [3.8, 4) is 0 Å². The highest BCUT2D eigenvalue weighted by Gasteiger charge is 2.48. The third-order valence-corrected chi connectivity index (χ3v) is 5.39. The van der Waals surface area contributed by atoms with Crippen molar-refractivity contribution in [3.63, 3.8) is 0 Å². The molecule has 0 aromatic heterocycles. The zero-order valence-electron chi connectivity index (χ0n) is 11.9. The summed E-state index contributed by atoms with van der Waals surface area (Å²) >= 11 is 0. The van der Waals surface area contributed by atoms with Gasteiger partial charge in [0.2, 0.25) is 5.91 Å². The molecule has 4 atom stereocenters. The van der Waals surface area contributed by atoms with Crippen LogP contribution in [0.1, 0.15) is 51.9 Å². The lowest BCUT2D eigenvalue weighted by Crippen LogP contribution is -2.64. The normalized spacial score (nSPS) is 39.9. The molecule has 0 aromatic rings. The molecule has 3 rings (SSSR count). The molecule has 0 aliphatic carbocycles. The lowest BCUT2D eigenvalue weighted by Gasteiger charge is -2.54. The molecular formula is C15H26N2O2. The van der Waals surface area contributed by atoms with Crippen LogP contribution in [0, 0.1) is 11.8 Å². The van der Waals surface area contributed by atoms with Gasteiger partial charge in [0.1, 0.15) is 0 Å². The lowest BCUT2D eigenvalue weighted by molar-refractivity contribution is -0.204. The van der Waals surface area contributed by atoms with Gasteiger partial charge in [-0.25, -0.2) is 0 Å². The van der Waals surface area contributed by atoms with E-state index in [9.17, 15) is 10.0 Å². The smallest absolute Gasteiger partial charge is 0.222 e. The fourth-order valence-corrected chi connectivity index (χ4v) is 4.65. The second-order valence-electron chi connectivity index (χ2n) is 6.51. The number of hydroxylamine groups is 2. The minimum Gasteiger partial charge on any atom is -0.339 e. The highest BCUT2D eigenvalue weighted by atomic mass is 16.5. The minimum absolute atomic E-state index is 0.292. The Labute approximate surface area is 115 Å². The predicted octanol–water partition coefficient (Wildman–Crippen LogP) is 2.27. The third-order valence-electron chi connectivity index (χ3n) is 5.39. The molecular weight excluding hydrogens is 240 g/mol. The Morgan fingerprint density at radius 2 is 2.16 bits per heavy atom. The minimum atomic E-state index is 0.292. The number of fused-ring (bicyclic) bond motifs is 2. The Balaban J connectivity index is 1.86. The zero-order chi connectivity index (χ0) is 13.4. The van der Waals surface area contributed by atoms with Gasteiger partial charge in [0, 0.05) is 31.6 Å². The number of carbonyl (C=O) groups excluding carboxylic acids is 1. The van der Waals surface area contributed by atoms with Gasteiger partial charge in [-0.15, -0.1) is 0 Å². The fourth-order valence-electron chi connectivity index (χ4n) is 4.65. The Morgan fingerprint density at radius 3 is 2.95 bits per heavy atom. The molecule has 0 radical (unpaired) electrons. The van der Waals surface area contributed by atoms with Gasteiger partial charge in [-0.3, -0.25) is 4.79 Å². The SMILES string of the molecule is CCC[C@H]1[C@@H]2[C@@H](CCCN2O)CN2C(=O)CCC[C@H]12. The Bertz CT molecular complexity index is 347. The summed E-state index contributed by atoms with van der Waals surface area (Å²) in [5.41, 5.74) is 0. The van der Waals surface area contributed by atoms with Gasteiger partial charge in [0.05, 0.1) is 0 Å². The van der Waals surface area contributed by atoms with Crippen molar-refractivity contribution >= 4 is 5.91 Å². The summed E-state index contributed by atoms with van der Waals surface area (Å²) in [7, 11) is 0. The van der Waals surface area contributed by atoms with E-state index in [0.29, 0.717) is 29.8 Å². The highest BCUT2D eigenvalue weighted by Crippen LogP contribution is 2.41. The number of piperidine rings is 3. The van der Waals surface area contributed by atoms with Crippen LogP contribution in [0.5, 0.6) is 0 Å². The summed E-state index contributed by atoms with van der Waals surface area (Å²) in [4.78, 5) is 14.3. The molecule has 3 heterocycles. The van der Waals surface area contributed by atoms with Crippen LogP contribution < -0.4 is 0 Å². The molecule has 0 spiro atoms. The van der Waals surface area contributed by atoms with Gasteiger partial charge >= 0.3 is 0 Å². The van der Waals surface area contributed by atoms with Crippen LogP contribution in [0.3, 0.4) is 0 Å². The molecule has 1 N–H and O–H groups in total. The van der Waals surface area contributed by atoms with E-state index < -0.39 is 0 Å². The van der Waals surface area contributed by atoms with E-state index in [2.05, 4.69) is 11.8 Å². The summed E-state index contributed by atoms with van der Waals surface area (Å²) in [5, 5.41) is 11.9. The van der Waals surface area contributed by atoms with Crippen molar-refractivity contribution in [1.82, 2.24) is 9.96 Å². The first-order valence-corrected chi connectivity index (χ1v) is 7.97. The zero-order valence-corrected chi connectivity index (χ0v) is 11.9. The average Bonchev–Trinajstić information content (AvgIpc) is 2.40. The molecule has 3 fully saturated rings. The van der Waals surface area contributed by atoms with Gasteiger partial charge in [-0.1, -0.05) is 13.3 Å². The Hall–Kier alpha value is -0.610. The molecule has 4 nitrogen and oxygen atoms in total. The predicted molar refractivity (Wildman–Crippen MR) is 72.8 cm³/mol. The van der Waals surface area contributed by atoms with E-state index in [4.69, 9.17) is 0 Å². The molecule has 0 aromatic carbocycles. The molecule has 3 aliphatic heterocycles. The van der Waals surface area contributed by atoms with Gasteiger partial charge in [-0.2, -0.15) is 5.06 Å². The number of amides is 1. The maximum atomic E-state index is 12.2. The van der Waals surface area contributed by atoms with E-state index in [1.165, 1.54) is 6.42 Å². The van der Waals surface area contributed by atoms with Crippen molar-refractivity contribution in [3.05, 3.63) is 0 Å². The summed E-state index contributed by atoms with van der Waals surface area (Å²) in [6.45, 7) is 3.90. The summed E-state index contributed by atoms with van der Waals surface area (Å²) in [5.74, 6) is 1.30. The van der Waals surface area contributed by atoms with Crippen molar-refractivity contribution in [2.75, 3.05) is 13.1 Å². The van der Waals surface area contributed by atoms with E-state index in [1.807, 2.05) is 0 Å². The Kier molecular flexibility index (Phi) is 3.81. The standard InChI is InChI=1S/C15H26N2O2/c1-2-5-12-13-7-3-8-14(18)16(13)10-11-6-4-9-17(19)15(11)12/h11-13,15,19H,2-10H2,1H3/t11-,12+,13+,15-/m0/s1. The van der Waals surface area contributed by atoms with Gasteiger partial charge in [-0.05, 0) is 43.9 Å². The van der Waals surface area contributed by atoms with Crippen molar-refractivity contribution in [1.29, 1.82) is 0 Å². The van der Waals surface area contributed by atoms with E-state index in [0.717, 1.165) is 51.6 Å². The quantitative estimate of drug-likeness (QED) is 0.834. The van der Waals surface area contributed by atoms with Crippen molar-refractivity contribution < 1.29 is 10.0 Å². The number of hydrogen-bond donors (Lipinski definition) is 1. The second kappa shape index (κ2) is 5.41. The van der Waals surface area contributed by atoms with Crippen LogP contribution in [-0.2, 0) is 4.79 Å². The topological polar surface area (TPSA) is 43.8 Å². The van der Waals surface area contributed by atoms with Crippen molar-refractivity contribution in [2.24, 2.45) is 11.8 Å². The largest absolute Gasteiger partial charge is 0.339 e. The first kappa shape index (κ1) is 13.4. The number of rotatable bonds is 2. The van der Waals surface area contributed by atoms with Crippen LogP contribution in [0.25, 0.3) is 0 Å². The number of carbonyl (C=O) groups is 1. The highest BCUT2D eigenvalue weighted by molar-refractivity contribution is 5.77. The molecule has 0 saturated carbocycles. The maximum Gasteiger partial charge on any atom is 0.222 e. The van der Waals surface area contributed by atoms with Crippen LogP contribution in [0.4, 0.5) is 0 Å². The van der Waals surface area contributed by atoms with Gasteiger partial charge in [0.25, 0.3) is 0 Å². The molecule has 4 heteroatoms. The van der Waals surface area contributed by atoms with Crippen LogP contribution in [0.2, 0.25) is 0 Å². The molecule has 0 unspecified atom stereocenters. The third kappa shape index (κ3) is 2.29. The van der Waals surface area contributed by atoms with E-state index in [-0.39, 0.29) is 0 Å². The van der Waals surface area contributed by atoms with E-state index in [1.54, 1.807) is 5.06 Å². The molecule has 3 aliphatic rings. The van der Waals surface area contributed by atoms with Gasteiger partial charge < -0.3 is 10.1 Å². The van der Waals surface area contributed by atoms with Gasteiger partial charge in [0.15, 0.2) is 0 Å². The summed E-state index contributed by atoms with van der Waals surface area (Å²) in [6.07, 6.45) is 7.39. The number of nitrogens with zero attached hydrogens (tertiary/aromatic N) is 2. The Morgan fingerprint density at radius 1 is 1.32 bits per heavy atom. The molecule has 0 bridgehead atoms. The molecule has 3 saturated heterocycles. The van der Waals surface area contributed by atoms with Crippen LogP contribution in [-0.4, -0.2) is 46.3 Å². The summed E-state index contributed by atoms with van der Waals surface area (Å²) in [6, 6.07) is 0.677. The average molecular weight is 266 g/mol. The van der Waals surface area contributed by atoms with Crippen LogP contribution >= 0.6 is 0 Å². The number of hydrogen-bond acceptors (Lipinski definition) is 3. The van der Waals surface area contributed by atoms with Crippen molar-refractivity contribution in [2.45, 2.75) is 64.0 Å². The maximum absolute atomic E-state index is 12.2. The molecule has 1 amide bonds. The molecule has 108 valence electrons. The van der Waals surface area contributed by atoms with E-state index >= 15 is 0 Å². The first-order valence-electron chi connectivity index (χ1n) is 7.97. The summed E-state index contributed by atoms with van der Waals surface area (Å²) < 4.78 is 0. The van der Waals surface area contributed by atoms with Crippen LogP contribution in [0.15, 0.2) is 0 Å². The monoisotopic (exact) mass is 266 g/mol. The first-order chi connectivity index (χ1) is 9.22. The second-order valence-corrected chi connectivity index (χ2v) is 6.51.